The first-order valence-electron chi connectivity index (χ1n) is 9.03. The molecule has 0 saturated carbocycles. The van der Waals surface area contributed by atoms with E-state index in [2.05, 4.69) is 26.4 Å². The van der Waals surface area contributed by atoms with Crippen LogP contribution in [0.3, 0.4) is 0 Å². The quantitative estimate of drug-likeness (QED) is 0.229. The van der Waals surface area contributed by atoms with Gasteiger partial charge in [0.2, 0.25) is 0 Å². The average molecular weight is 511 g/mol. The fraction of sp³-hybridized carbons (Fsp3) is 0.526. The van der Waals surface area contributed by atoms with Gasteiger partial charge >= 0.3 is 6.61 Å². The summed E-state index contributed by atoms with van der Waals surface area (Å²) < 4.78 is 40.9. The van der Waals surface area contributed by atoms with Crippen LogP contribution in [0.4, 0.5) is 8.78 Å². The van der Waals surface area contributed by atoms with E-state index in [1.807, 2.05) is 0 Å². The van der Waals surface area contributed by atoms with Crippen LogP contribution >= 0.6 is 24.0 Å². The Balaban J connectivity index is 0.00000392. The zero-order valence-electron chi connectivity index (χ0n) is 16.2. The van der Waals surface area contributed by atoms with Crippen molar-refractivity contribution < 1.29 is 23.0 Å². The van der Waals surface area contributed by atoms with Gasteiger partial charge in [0.1, 0.15) is 0 Å². The Morgan fingerprint density at radius 2 is 2.14 bits per heavy atom. The number of nitrogens with zero attached hydrogens (tertiary/aromatic N) is 1. The normalized spacial score (nSPS) is 14.2. The SMILES string of the molecule is CCOc1cccc(CNC(=NC)NCCC2=CCOCC2)c1OC(F)F.I. The van der Waals surface area contributed by atoms with Gasteiger partial charge in [-0.15, -0.1) is 24.0 Å². The summed E-state index contributed by atoms with van der Waals surface area (Å²) >= 11 is 0. The number of aliphatic imine (C=N–C) groups is 1. The highest BCUT2D eigenvalue weighted by Gasteiger charge is 2.16. The Morgan fingerprint density at radius 3 is 2.79 bits per heavy atom. The van der Waals surface area contributed by atoms with E-state index in [4.69, 9.17) is 9.47 Å². The summed E-state index contributed by atoms with van der Waals surface area (Å²) in [6.07, 6.45) is 3.96. The molecular formula is C19H28F2IN3O3. The zero-order chi connectivity index (χ0) is 19.5. The third-order valence-corrected chi connectivity index (χ3v) is 4.03. The smallest absolute Gasteiger partial charge is 0.387 e. The highest BCUT2D eigenvalue weighted by molar-refractivity contribution is 14.0. The van der Waals surface area contributed by atoms with Gasteiger partial charge in [0, 0.05) is 25.7 Å². The van der Waals surface area contributed by atoms with E-state index in [0.717, 1.165) is 26.0 Å². The molecule has 28 heavy (non-hydrogen) atoms. The lowest BCUT2D eigenvalue weighted by molar-refractivity contribution is -0.0520. The van der Waals surface area contributed by atoms with Gasteiger partial charge in [-0.05, 0) is 25.8 Å². The minimum Gasteiger partial charge on any atom is -0.490 e. The number of hydrogen-bond acceptors (Lipinski definition) is 4. The number of benzene rings is 1. The van der Waals surface area contributed by atoms with Crippen molar-refractivity contribution in [3.63, 3.8) is 0 Å². The summed E-state index contributed by atoms with van der Waals surface area (Å²) in [5, 5.41) is 6.34. The van der Waals surface area contributed by atoms with Crippen molar-refractivity contribution in [2.45, 2.75) is 32.9 Å². The Labute approximate surface area is 181 Å². The van der Waals surface area contributed by atoms with Crippen LogP contribution < -0.4 is 20.1 Å². The van der Waals surface area contributed by atoms with Gasteiger partial charge in [0.05, 0.1) is 19.8 Å². The minimum atomic E-state index is -2.92. The molecule has 1 heterocycles. The van der Waals surface area contributed by atoms with E-state index >= 15 is 0 Å². The highest BCUT2D eigenvalue weighted by atomic mass is 127. The molecule has 0 fully saturated rings. The summed E-state index contributed by atoms with van der Waals surface area (Å²) in [5.74, 6) is 0.934. The molecule has 6 nitrogen and oxygen atoms in total. The number of alkyl halides is 2. The first-order chi connectivity index (χ1) is 13.1. The second kappa shape index (κ2) is 13.5. The Kier molecular flexibility index (Phi) is 11.8. The van der Waals surface area contributed by atoms with E-state index < -0.39 is 6.61 Å². The van der Waals surface area contributed by atoms with Crippen molar-refractivity contribution in [2.24, 2.45) is 4.99 Å². The minimum absolute atomic E-state index is 0. The molecular weight excluding hydrogens is 483 g/mol. The van der Waals surface area contributed by atoms with Gasteiger partial charge in [-0.3, -0.25) is 4.99 Å². The molecule has 9 heteroatoms. The number of rotatable bonds is 9. The van der Waals surface area contributed by atoms with E-state index in [1.165, 1.54) is 5.57 Å². The summed E-state index contributed by atoms with van der Waals surface area (Å²) in [4.78, 5) is 4.17. The molecule has 2 rings (SSSR count). The van der Waals surface area contributed by atoms with Crippen LogP contribution in [0.15, 0.2) is 34.8 Å². The number of hydrogen-bond donors (Lipinski definition) is 2. The van der Waals surface area contributed by atoms with Crippen molar-refractivity contribution in [3.8, 4) is 11.5 Å². The molecule has 0 bridgehead atoms. The number of nitrogens with one attached hydrogen (secondary N) is 2. The molecule has 1 aromatic carbocycles. The number of para-hydroxylation sites is 1. The number of ether oxygens (including phenoxy) is 3. The topological polar surface area (TPSA) is 64.1 Å². The van der Waals surface area contributed by atoms with Gasteiger partial charge in [-0.25, -0.2) is 0 Å². The van der Waals surface area contributed by atoms with E-state index in [9.17, 15) is 8.78 Å². The Bertz CT molecular complexity index is 657. The maximum Gasteiger partial charge on any atom is 0.387 e. The molecule has 0 amide bonds. The van der Waals surface area contributed by atoms with Crippen LogP contribution in [0.5, 0.6) is 11.5 Å². The third-order valence-electron chi connectivity index (χ3n) is 4.03. The lowest BCUT2D eigenvalue weighted by atomic mass is 10.1. The first kappa shape index (κ1) is 24.4. The van der Waals surface area contributed by atoms with Crippen LogP contribution in [-0.4, -0.2) is 46.0 Å². The summed E-state index contributed by atoms with van der Waals surface area (Å²) in [6.45, 7) is 1.67. The summed E-state index contributed by atoms with van der Waals surface area (Å²) in [5.41, 5.74) is 1.93. The number of guanidine groups is 1. The van der Waals surface area contributed by atoms with E-state index in [1.54, 1.807) is 32.2 Å². The van der Waals surface area contributed by atoms with Crippen molar-refractivity contribution >= 4 is 29.9 Å². The molecule has 0 radical (unpaired) electrons. The van der Waals surface area contributed by atoms with Crippen LogP contribution in [0.25, 0.3) is 0 Å². The van der Waals surface area contributed by atoms with E-state index in [-0.39, 0.29) is 36.3 Å². The lowest BCUT2D eigenvalue weighted by Crippen LogP contribution is -2.37. The van der Waals surface area contributed by atoms with Crippen LogP contribution in [0.1, 0.15) is 25.3 Å². The fourth-order valence-corrected chi connectivity index (χ4v) is 2.73. The maximum atomic E-state index is 12.8. The van der Waals surface area contributed by atoms with Crippen LogP contribution in [0, 0.1) is 0 Å². The van der Waals surface area contributed by atoms with Gasteiger partial charge < -0.3 is 24.8 Å². The average Bonchev–Trinajstić information content (AvgIpc) is 2.67. The summed E-state index contributed by atoms with van der Waals surface area (Å²) in [7, 11) is 1.66. The zero-order valence-corrected chi connectivity index (χ0v) is 18.5. The van der Waals surface area contributed by atoms with Gasteiger partial charge in [-0.2, -0.15) is 8.78 Å². The molecule has 2 N–H and O–H groups in total. The van der Waals surface area contributed by atoms with Gasteiger partial charge in [0.15, 0.2) is 17.5 Å². The molecule has 0 spiro atoms. The van der Waals surface area contributed by atoms with Crippen LogP contribution in [0.2, 0.25) is 0 Å². The lowest BCUT2D eigenvalue weighted by Gasteiger charge is -2.18. The van der Waals surface area contributed by atoms with Gasteiger partial charge in [0.25, 0.3) is 0 Å². The summed E-state index contributed by atoms with van der Waals surface area (Å²) in [6, 6.07) is 5.07. The Morgan fingerprint density at radius 1 is 1.32 bits per heavy atom. The monoisotopic (exact) mass is 511 g/mol. The molecule has 1 aromatic rings. The molecule has 0 aliphatic carbocycles. The molecule has 0 saturated heterocycles. The number of halogens is 3. The standard InChI is InChI=1S/C19H27F2N3O3.HI/c1-3-26-16-6-4-5-15(17(16)27-18(20)21)13-24-19(22-2)23-10-7-14-8-11-25-12-9-14;/h4-6,8,18H,3,7,9-13H2,1-2H3,(H2,22,23,24);1H. The predicted molar refractivity (Wildman–Crippen MR) is 116 cm³/mol. The fourth-order valence-electron chi connectivity index (χ4n) is 2.73. The largest absolute Gasteiger partial charge is 0.490 e. The van der Waals surface area contributed by atoms with Crippen molar-refractivity contribution in [1.29, 1.82) is 0 Å². The molecule has 0 unspecified atom stereocenters. The van der Waals surface area contributed by atoms with Crippen LogP contribution in [-0.2, 0) is 11.3 Å². The molecule has 158 valence electrons. The third kappa shape index (κ3) is 8.17. The van der Waals surface area contributed by atoms with Crippen molar-refractivity contribution in [3.05, 3.63) is 35.4 Å². The molecule has 1 aliphatic rings. The molecule has 0 aromatic heterocycles. The van der Waals surface area contributed by atoms with Crippen molar-refractivity contribution in [2.75, 3.05) is 33.4 Å². The van der Waals surface area contributed by atoms with E-state index in [0.29, 0.717) is 30.5 Å². The Hall–Kier alpha value is -1.62. The maximum absolute atomic E-state index is 12.8. The van der Waals surface area contributed by atoms with Gasteiger partial charge in [-0.1, -0.05) is 23.8 Å². The molecule has 0 atom stereocenters. The highest BCUT2D eigenvalue weighted by Crippen LogP contribution is 2.32. The van der Waals surface area contributed by atoms with Crippen molar-refractivity contribution in [1.82, 2.24) is 10.6 Å². The molecule has 1 aliphatic heterocycles. The second-order valence-electron chi connectivity index (χ2n) is 5.85. The first-order valence-corrected chi connectivity index (χ1v) is 9.03. The predicted octanol–water partition coefficient (Wildman–Crippen LogP) is 3.71. The second-order valence-corrected chi connectivity index (χ2v) is 5.85.